The van der Waals surface area contributed by atoms with E-state index in [1.165, 1.54) is 21.3 Å². The predicted octanol–water partition coefficient (Wildman–Crippen LogP) is 3.47. The molecule has 0 unspecified atom stereocenters. The van der Waals surface area contributed by atoms with Crippen LogP contribution in [-0.4, -0.2) is 31.3 Å². The zero-order valence-electron chi connectivity index (χ0n) is 16.1. The Morgan fingerprint density at radius 1 is 1.04 bits per heavy atom. The topological polar surface area (TPSA) is 82.7 Å². The minimum Gasteiger partial charge on any atom is -0.493 e. The number of nitrogens with one attached hydrogen (secondary N) is 1. The Morgan fingerprint density at radius 2 is 1.75 bits per heavy atom. The predicted molar refractivity (Wildman–Crippen MR) is 104 cm³/mol. The van der Waals surface area contributed by atoms with Crippen LogP contribution in [0.4, 0.5) is 0 Å². The molecule has 2 aromatic carbocycles. The highest BCUT2D eigenvalue weighted by Gasteiger charge is 2.23. The second-order valence-electron chi connectivity index (χ2n) is 6.50. The second kappa shape index (κ2) is 6.92. The summed E-state index contributed by atoms with van der Waals surface area (Å²) in [5.74, 6) is 2.79. The fourth-order valence-corrected chi connectivity index (χ4v) is 3.31. The smallest absolute Gasteiger partial charge is 0.258 e. The van der Waals surface area contributed by atoms with Crippen LogP contribution in [0.2, 0.25) is 0 Å². The number of nitrogens with zero attached hydrogens (tertiary/aromatic N) is 1. The molecule has 0 atom stereocenters. The number of hydrogen-bond acceptors (Lipinski definition) is 6. The maximum absolute atomic E-state index is 12.7. The molecule has 0 aliphatic carbocycles. The molecule has 1 aliphatic heterocycles. The Bertz CT molecular complexity index is 1100. The lowest BCUT2D eigenvalue weighted by atomic mass is 10.0. The van der Waals surface area contributed by atoms with Gasteiger partial charge in [-0.1, -0.05) is 17.7 Å². The van der Waals surface area contributed by atoms with Crippen LogP contribution in [0.15, 0.2) is 35.1 Å². The Balaban J connectivity index is 1.82. The molecule has 28 heavy (non-hydrogen) atoms. The summed E-state index contributed by atoms with van der Waals surface area (Å²) < 4.78 is 22.0. The fourth-order valence-electron chi connectivity index (χ4n) is 3.31. The average molecular weight is 380 g/mol. The lowest BCUT2D eigenvalue weighted by molar-refractivity contribution is 0.324. The van der Waals surface area contributed by atoms with E-state index in [0.29, 0.717) is 52.3 Å². The van der Waals surface area contributed by atoms with Crippen molar-refractivity contribution in [1.82, 2.24) is 9.97 Å². The van der Waals surface area contributed by atoms with E-state index in [1.54, 1.807) is 12.1 Å². The normalized spacial score (nSPS) is 11.9. The van der Waals surface area contributed by atoms with E-state index in [4.69, 9.17) is 18.9 Å². The third-order valence-corrected chi connectivity index (χ3v) is 4.71. The van der Waals surface area contributed by atoms with Crippen molar-refractivity contribution in [3.05, 3.63) is 57.4 Å². The van der Waals surface area contributed by atoms with Gasteiger partial charge in [-0.05, 0) is 30.7 Å². The SMILES string of the molecule is COc1cc(-c2nc3c(c(=O)[nH]2)Cc2cc(C)ccc2O3)cc(OC)c1OC. The zero-order chi connectivity index (χ0) is 19.8. The molecule has 7 heteroatoms. The van der Waals surface area contributed by atoms with Crippen LogP contribution in [0.3, 0.4) is 0 Å². The van der Waals surface area contributed by atoms with Gasteiger partial charge in [0.15, 0.2) is 11.5 Å². The van der Waals surface area contributed by atoms with E-state index in [0.717, 1.165) is 11.1 Å². The quantitative estimate of drug-likeness (QED) is 0.584. The Kier molecular flexibility index (Phi) is 4.43. The van der Waals surface area contributed by atoms with Gasteiger partial charge in [0.25, 0.3) is 5.56 Å². The van der Waals surface area contributed by atoms with Gasteiger partial charge >= 0.3 is 0 Å². The lowest BCUT2D eigenvalue weighted by Crippen LogP contribution is -2.20. The molecular weight excluding hydrogens is 360 g/mol. The maximum atomic E-state index is 12.7. The maximum Gasteiger partial charge on any atom is 0.258 e. The van der Waals surface area contributed by atoms with Gasteiger partial charge in [0.1, 0.15) is 11.6 Å². The van der Waals surface area contributed by atoms with Crippen LogP contribution in [0.1, 0.15) is 16.7 Å². The van der Waals surface area contributed by atoms with Crippen molar-refractivity contribution in [2.75, 3.05) is 21.3 Å². The summed E-state index contributed by atoms with van der Waals surface area (Å²) in [7, 11) is 4.60. The summed E-state index contributed by atoms with van der Waals surface area (Å²) in [5.41, 5.74) is 2.98. The molecule has 0 fully saturated rings. The molecule has 1 N–H and O–H groups in total. The Hall–Kier alpha value is -3.48. The number of H-pyrrole nitrogens is 1. The first-order valence-corrected chi connectivity index (χ1v) is 8.75. The van der Waals surface area contributed by atoms with Gasteiger partial charge in [-0.2, -0.15) is 4.98 Å². The van der Waals surface area contributed by atoms with Crippen LogP contribution in [0.25, 0.3) is 11.4 Å². The first kappa shape index (κ1) is 17.9. The van der Waals surface area contributed by atoms with E-state index >= 15 is 0 Å². The molecule has 4 rings (SSSR count). The molecule has 0 saturated carbocycles. The highest BCUT2D eigenvalue weighted by atomic mass is 16.5. The van der Waals surface area contributed by atoms with Crippen molar-refractivity contribution >= 4 is 0 Å². The van der Waals surface area contributed by atoms with Crippen LogP contribution >= 0.6 is 0 Å². The van der Waals surface area contributed by atoms with E-state index in [1.807, 2.05) is 25.1 Å². The summed E-state index contributed by atoms with van der Waals surface area (Å²) in [6.07, 6.45) is 0.476. The fraction of sp³-hybridized carbons (Fsp3) is 0.238. The number of rotatable bonds is 4. The van der Waals surface area contributed by atoms with Gasteiger partial charge in [0.2, 0.25) is 11.6 Å². The zero-order valence-corrected chi connectivity index (χ0v) is 16.1. The number of methoxy groups -OCH3 is 3. The molecule has 7 nitrogen and oxygen atoms in total. The molecular formula is C21H20N2O5. The van der Waals surface area contributed by atoms with Crippen molar-refractivity contribution in [2.24, 2.45) is 0 Å². The summed E-state index contributed by atoms with van der Waals surface area (Å²) in [6.45, 7) is 2.01. The van der Waals surface area contributed by atoms with Crippen molar-refractivity contribution < 1.29 is 18.9 Å². The van der Waals surface area contributed by atoms with Crippen molar-refractivity contribution in [3.8, 4) is 40.3 Å². The number of benzene rings is 2. The standard InChI is InChI=1S/C21H20N2O5/c1-11-5-6-15-12(7-11)8-14-20(24)22-19(23-21(14)28-15)13-9-16(25-2)18(27-4)17(10-13)26-3/h5-7,9-10H,8H2,1-4H3,(H,22,23,24). The third kappa shape index (κ3) is 2.94. The number of aromatic amines is 1. The van der Waals surface area contributed by atoms with Crippen LogP contribution in [0.5, 0.6) is 28.9 Å². The van der Waals surface area contributed by atoms with E-state index in [2.05, 4.69) is 9.97 Å². The van der Waals surface area contributed by atoms with Gasteiger partial charge in [0.05, 0.1) is 26.9 Å². The molecule has 0 amide bonds. The Morgan fingerprint density at radius 3 is 2.39 bits per heavy atom. The van der Waals surface area contributed by atoms with Gasteiger partial charge in [-0.25, -0.2) is 0 Å². The van der Waals surface area contributed by atoms with Crippen molar-refractivity contribution in [1.29, 1.82) is 0 Å². The molecule has 0 bridgehead atoms. The first-order valence-electron chi connectivity index (χ1n) is 8.75. The largest absolute Gasteiger partial charge is 0.493 e. The lowest BCUT2D eigenvalue weighted by Gasteiger charge is -2.20. The van der Waals surface area contributed by atoms with E-state index < -0.39 is 0 Å². The molecule has 0 spiro atoms. The van der Waals surface area contributed by atoms with E-state index in [9.17, 15) is 4.79 Å². The summed E-state index contributed by atoms with van der Waals surface area (Å²) >= 11 is 0. The molecule has 2 heterocycles. The molecule has 3 aromatic rings. The van der Waals surface area contributed by atoms with Gasteiger partial charge < -0.3 is 23.9 Å². The highest BCUT2D eigenvalue weighted by Crippen LogP contribution is 2.41. The molecule has 0 radical (unpaired) electrons. The molecule has 1 aromatic heterocycles. The molecule has 1 aliphatic rings. The summed E-state index contributed by atoms with van der Waals surface area (Å²) in [4.78, 5) is 20.1. The molecule has 0 saturated heterocycles. The average Bonchev–Trinajstić information content (AvgIpc) is 2.71. The van der Waals surface area contributed by atoms with Crippen molar-refractivity contribution in [3.63, 3.8) is 0 Å². The van der Waals surface area contributed by atoms with Gasteiger partial charge in [-0.3, -0.25) is 4.79 Å². The van der Waals surface area contributed by atoms with Gasteiger partial charge in [0, 0.05) is 12.0 Å². The monoisotopic (exact) mass is 380 g/mol. The molecule has 144 valence electrons. The Labute approximate surface area is 161 Å². The van der Waals surface area contributed by atoms with Gasteiger partial charge in [-0.15, -0.1) is 0 Å². The minimum absolute atomic E-state index is 0.235. The van der Waals surface area contributed by atoms with Crippen LogP contribution in [0, 0.1) is 6.92 Å². The van der Waals surface area contributed by atoms with Crippen LogP contribution in [-0.2, 0) is 6.42 Å². The van der Waals surface area contributed by atoms with Crippen molar-refractivity contribution in [2.45, 2.75) is 13.3 Å². The number of ether oxygens (including phenoxy) is 4. The number of hydrogen-bond donors (Lipinski definition) is 1. The number of fused-ring (bicyclic) bond motifs is 2. The third-order valence-electron chi connectivity index (χ3n) is 4.71. The number of aromatic nitrogens is 2. The summed E-state index contributed by atoms with van der Waals surface area (Å²) in [6, 6.07) is 9.34. The van der Waals surface area contributed by atoms with E-state index in [-0.39, 0.29) is 5.56 Å². The first-order chi connectivity index (χ1) is 13.5. The second-order valence-corrected chi connectivity index (χ2v) is 6.50. The summed E-state index contributed by atoms with van der Waals surface area (Å²) in [5, 5.41) is 0. The van der Waals surface area contributed by atoms with Crippen LogP contribution < -0.4 is 24.5 Å². The minimum atomic E-state index is -0.235. The highest BCUT2D eigenvalue weighted by molar-refractivity contribution is 5.67. The number of aryl methyl sites for hydroxylation is 1.